The summed E-state index contributed by atoms with van der Waals surface area (Å²) in [6.45, 7) is 0. The molecule has 0 amide bonds. The molecule has 19 heavy (non-hydrogen) atoms. The lowest BCUT2D eigenvalue weighted by Crippen LogP contribution is -2.04. The average molecular weight is 352 g/mol. The maximum absolute atomic E-state index is 13.7. The predicted molar refractivity (Wildman–Crippen MR) is 69.5 cm³/mol. The van der Waals surface area contributed by atoms with Gasteiger partial charge in [0.15, 0.2) is 11.6 Å². The lowest BCUT2D eigenvalue weighted by atomic mass is 10.0. The second kappa shape index (κ2) is 5.53. The van der Waals surface area contributed by atoms with E-state index in [4.69, 9.17) is 11.6 Å². The summed E-state index contributed by atoms with van der Waals surface area (Å²) in [4.78, 5) is 0. The van der Waals surface area contributed by atoms with Gasteiger partial charge in [0.25, 0.3) is 0 Å². The van der Waals surface area contributed by atoms with Gasteiger partial charge in [-0.15, -0.1) is 0 Å². The summed E-state index contributed by atoms with van der Waals surface area (Å²) in [6.07, 6.45) is -1.48. The Labute approximate surface area is 120 Å². The third-order valence-electron chi connectivity index (χ3n) is 2.59. The monoisotopic (exact) mass is 350 g/mol. The average Bonchev–Trinajstić information content (AvgIpc) is 2.33. The predicted octanol–water partition coefficient (Wildman–Crippen LogP) is 4.60. The van der Waals surface area contributed by atoms with Crippen LogP contribution >= 0.6 is 27.5 Å². The standard InChI is InChI=1S/C13H7BrClF3O/c14-6-1-2-7(10(16)3-6)13(19)8-4-11(17)12(18)5-9(8)15/h1-5,13,19H. The quantitative estimate of drug-likeness (QED) is 0.784. The van der Waals surface area contributed by atoms with Gasteiger partial charge in [0.1, 0.15) is 11.9 Å². The van der Waals surface area contributed by atoms with E-state index in [0.29, 0.717) is 4.47 Å². The Morgan fingerprint density at radius 1 is 0.947 bits per heavy atom. The SMILES string of the molecule is OC(c1ccc(Br)cc1F)c1cc(F)c(F)cc1Cl. The third-order valence-corrected chi connectivity index (χ3v) is 3.41. The lowest BCUT2D eigenvalue weighted by Gasteiger charge is -2.14. The molecule has 0 aliphatic heterocycles. The van der Waals surface area contributed by atoms with Gasteiger partial charge in [-0.2, -0.15) is 0 Å². The summed E-state index contributed by atoms with van der Waals surface area (Å²) >= 11 is 8.81. The molecular weight excluding hydrogens is 344 g/mol. The molecule has 100 valence electrons. The minimum atomic E-state index is -1.48. The van der Waals surface area contributed by atoms with E-state index in [1.165, 1.54) is 12.1 Å². The van der Waals surface area contributed by atoms with Crippen molar-refractivity contribution in [3.8, 4) is 0 Å². The van der Waals surface area contributed by atoms with E-state index in [0.717, 1.165) is 18.2 Å². The molecule has 2 rings (SSSR count). The second-order valence-electron chi connectivity index (χ2n) is 3.86. The molecule has 2 aromatic carbocycles. The van der Waals surface area contributed by atoms with E-state index in [9.17, 15) is 18.3 Å². The van der Waals surface area contributed by atoms with Gasteiger partial charge in [-0.1, -0.05) is 33.6 Å². The van der Waals surface area contributed by atoms with E-state index in [1.54, 1.807) is 0 Å². The molecule has 0 saturated carbocycles. The van der Waals surface area contributed by atoms with Crippen molar-refractivity contribution in [2.75, 3.05) is 0 Å². The van der Waals surface area contributed by atoms with Gasteiger partial charge < -0.3 is 5.11 Å². The highest BCUT2D eigenvalue weighted by molar-refractivity contribution is 9.10. The van der Waals surface area contributed by atoms with Gasteiger partial charge in [-0.05, 0) is 24.3 Å². The molecule has 0 aliphatic rings. The van der Waals surface area contributed by atoms with Crippen molar-refractivity contribution in [3.63, 3.8) is 0 Å². The summed E-state index contributed by atoms with van der Waals surface area (Å²) < 4.78 is 40.3. The van der Waals surface area contributed by atoms with Crippen molar-refractivity contribution >= 4 is 27.5 Å². The van der Waals surface area contributed by atoms with Gasteiger partial charge in [0.05, 0.1) is 0 Å². The van der Waals surface area contributed by atoms with Gasteiger partial charge in [-0.3, -0.25) is 0 Å². The first-order valence-electron chi connectivity index (χ1n) is 5.17. The zero-order valence-electron chi connectivity index (χ0n) is 9.30. The molecule has 0 aliphatic carbocycles. The van der Waals surface area contributed by atoms with Gasteiger partial charge in [0.2, 0.25) is 0 Å². The maximum atomic E-state index is 13.7. The van der Waals surface area contributed by atoms with Crippen LogP contribution in [0.25, 0.3) is 0 Å². The molecule has 0 heterocycles. The molecule has 6 heteroatoms. The van der Waals surface area contributed by atoms with Crippen LogP contribution in [-0.4, -0.2) is 5.11 Å². The summed E-state index contributed by atoms with van der Waals surface area (Å²) in [7, 11) is 0. The van der Waals surface area contributed by atoms with Gasteiger partial charge >= 0.3 is 0 Å². The van der Waals surface area contributed by atoms with E-state index in [1.807, 2.05) is 0 Å². The molecular formula is C13H7BrClF3O. The number of rotatable bonds is 2. The molecule has 1 N–H and O–H groups in total. The molecule has 1 nitrogen and oxygen atoms in total. The Morgan fingerprint density at radius 3 is 2.21 bits per heavy atom. The highest BCUT2D eigenvalue weighted by Gasteiger charge is 2.20. The van der Waals surface area contributed by atoms with E-state index in [2.05, 4.69) is 15.9 Å². The van der Waals surface area contributed by atoms with Crippen molar-refractivity contribution in [2.45, 2.75) is 6.10 Å². The van der Waals surface area contributed by atoms with Gasteiger partial charge in [-0.25, -0.2) is 13.2 Å². The Bertz CT molecular complexity index is 634. The Hall–Kier alpha value is -1.04. The van der Waals surface area contributed by atoms with Crippen LogP contribution in [0.2, 0.25) is 5.02 Å². The topological polar surface area (TPSA) is 20.2 Å². The van der Waals surface area contributed by atoms with Crippen molar-refractivity contribution in [3.05, 3.63) is 68.4 Å². The molecule has 0 saturated heterocycles. The van der Waals surface area contributed by atoms with Crippen LogP contribution in [0.3, 0.4) is 0 Å². The summed E-state index contributed by atoms with van der Waals surface area (Å²) in [6, 6.07) is 5.51. The summed E-state index contributed by atoms with van der Waals surface area (Å²) in [5.41, 5.74) is -0.169. The number of benzene rings is 2. The van der Waals surface area contributed by atoms with E-state index >= 15 is 0 Å². The number of aliphatic hydroxyl groups is 1. The van der Waals surface area contributed by atoms with E-state index in [-0.39, 0.29) is 16.1 Å². The fourth-order valence-corrected chi connectivity index (χ4v) is 2.23. The van der Waals surface area contributed by atoms with E-state index < -0.39 is 23.6 Å². The fraction of sp³-hybridized carbons (Fsp3) is 0.0769. The van der Waals surface area contributed by atoms with Crippen LogP contribution in [0.5, 0.6) is 0 Å². The number of hydrogen-bond acceptors (Lipinski definition) is 1. The first kappa shape index (κ1) is 14.4. The molecule has 0 aromatic heterocycles. The molecule has 1 unspecified atom stereocenters. The van der Waals surface area contributed by atoms with Crippen molar-refractivity contribution < 1.29 is 18.3 Å². The fourth-order valence-electron chi connectivity index (χ4n) is 1.64. The molecule has 2 aromatic rings. The molecule has 0 radical (unpaired) electrons. The van der Waals surface area contributed by atoms with Gasteiger partial charge in [0, 0.05) is 20.6 Å². The summed E-state index contributed by atoms with van der Waals surface area (Å²) in [5.74, 6) is -2.96. The van der Waals surface area contributed by atoms with Crippen LogP contribution in [0.4, 0.5) is 13.2 Å². The van der Waals surface area contributed by atoms with Crippen LogP contribution < -0.4 is 0 Å². The molecule has 1 atom stereocenters. The largest absolute Gasteiger partial charge is 0.383 e. The Kier molecular flexibility index (Phi) is 4.18. The molecule has 0 spiro atoms. The highest BCUT2D eigenvalue weighted by atomic mass is 79.9. The zero-order chi connectivity index (χ0) is 14.2. The Balaban J connectivity index is 2.49. The van der Waals surface area contributed by atoms with Crippen molar-refractivity contribution in [1.29, 1.82) is 0 Å². The first-order valence-corrected chi connectivity index (χ1v) is 6.34. The maximum Gasteiger partial charge on any atom is 0.160 e. The smallest absolute Gasteiger partial charge is 0.160 e. The summed E-state index contributed by atoms with van der Waals surface area (Å²) in [5, 5.41) is 9.86. The zero-order valence-corrected chi connectivity index (χ0v) is 11.6. The number of hydrogen-bond donors (Lipinski definition) is 1. The lowest BCUT2D eigenvalue weighted by molar-refractivity contribution is 0.214. The van der Waals surface area contributed by atoms with Crippen LogP contribution in [0.15, 0.2) is 34.8 Å². The number of aliphatic hydroxyl groups excluding tert-OH is 1. The normalized spacial score (nSPS) is 12.5. The van der Waals surface area contributed by atoms with Crippen molar-refractivity contribution in [1.82, 2.24) is 0 Å². The first-order chi connectivity index (χ1) is 8.90. The highest BCUT2D eigenvalue weighted by Crippen LogP contribution is 2.32. The van der Waals surface area contributed by atoms with Crippen LogP contribution in [0, 0.1) is 17.5 Å². The minimum Gasteiger partial charge on any atom is -0.383 e. The van der Waals surface area contributed by atoms with Crippen LogP contribution in [-0.2, 0) is 0 Å². The molecule has 0 fully saturated rings. The minimum absolute atomic E-state index is 0.0730. The van der Waals surface area contributed by atoms with Crippen molar-refractivity contribution in [2.24, 2.45) is 0 Å². The number of halogens is 5. The third kappa shape index (κ3) is 2.94. The molecule has 0 bridgehead atoms. The van der Waals surface area contributed by atoms with Crippen LogP contribution in [0.1, 0.15) is 17.2 Å². The Morgan fingerprint density at radius 2 is 1.58 bits per heavy atom. The second-order valence-corrected chi connectivity index (χ2v) is 5.18.